The number of carbonyl (C=O) groups is 3. The predicted octanol–water partition coefficient (Wildman–Crippen LogP) is 6.96. The van der Waals surface area contributed by atoms with Crippen molar-refractivity contribution in [1.82, 2.24) is 10.2 Å². The van der Waals surface area contributed by atoms with Crippen molar-refractivity contribution >= 4 is 26.1 Å². The minimum absolute atomic E-state index is 0.149. The predicted molar refractivity (Wildman–Crippen MR) is 175 cm³/mol. The summed E-state index contributed by atoms with van der Waals surface area (Å²) in [4.78, 5) is 42.8. The normalized spacial score (nSPS) is 28.1. The highest BCUT2D eigenvalue weighted by Crippen LogP contribution is 2.44. The average Bonchev–Trinajstić information content (AvgIpc) is 3.43. The smallest absolute Gasteiger partial charge is 0.329 e. The number of cyclic esters (lactones) is 1. The topological polar surface area (TPSA) is 84.9 Å². The maximum absolute atomic E-state index is 14.0. The molecule has 0 aromatic heterocycles. The first kappa shape index (κ1) is 35.0. The number of rotatable bonds is 7. The molecule has 7 nitrogen and oxygen atoms in total. The number of allylic oxidation sites excluding steroid dienone is 1. The van der Waals surface area contributed by atoms with E-state index >= 15 is 0 Å². The Kier molecular flexibility index (Phi) is 12.6. The SMILES string of the molecule is C/C1=C\[C@H](C)CC[C@@H](C)OC(=O)C2CCCN2C(=O)C(Cc2ccccc2)NC(=O)C[C@H]1O[Si](C(C)C)(C(C)C)C(C)C. The van der Waals surface area contributed by atoms with Gasteiger partial charge in [0, 0.05) is 13.0 Å². The molecule has 1 saturated heterocycles. The lowest BCUT2D eigenvalue weighted by molar-refractivity contribution is -0.158. The molecule has 0 aliphatic carbocycles. The molecule has 1 aromatic carbocycles. The van der Waals surface area contributed by atoms with Gasteiger partial charge < -0.3 is 19.4 Å². The van der Waals surface area contributed by atoms with Crippen LogP contribution < -0.4 is 5.32 Å². The molecule has 1 aromatic rings. The molecule has 0 saturated carbocycles. The number of nitrogens with zero attached hydrogens (tertiary/aromatic N) is 1. The monoisotopic (exact) mass is 612 g/mol. The standard InChI is InChI=1S/C35H56N2O5Si/c1-23(2)43(24(3)4,25(5)6)42-32-22-33(38)36-30(21-29-14-11-10-12-15-29)34(39)37-19-13-16-31(37)35(40)41-28(9)18-17-26(7)20-27(32)8/h10-12,14-15,20,23-26,28,30-32H,13,16-19,21-22H2,1-9H3,(H,36,38)/b27-20+/t26-,28-,30?,31?,32-/m1/s1. The summed E-state index contributed by atoms with van der Waals surface area (Å²) in [5, 5.41) is 3.09. The lowest BCUT2D eigenvalue weighted by Gasteiger charge is -2.45. The molecular formula is C35H56N2O5Si. The molecule has 0 spiro atoms. The number of fused-ring (bicyclic) bond motifs is 1. The molecule has 1 N–H and O–H groups in total. The van der Waals surface area contributed by atoms with Crippen molar-refractivity contribution in [1.29, 1.82) is 0 Å². The molecule has 3 rings (SSSR count). The summed E-state index contributed by atoms with van der Waals surface area (Å²) in [6, 6.07) is 8.31. The van der Waals surface area contributed by atoms with Crippen LogP contribution >= 0.6 is 0 Å². The fourth-order valence-corrected chi connectivity index (χ4v) is 12.9. The lowest BCUT2D eigenvalue weighted by Crippen LogP contribution is -2.54. The third-order valence-corrected chi connectivity index (χ3v) is 15.7. The number of amides is 2. The molecule has 0 bridgehead atoms. The Labute approximate surface area is 261 Å². The zero-order valence-corrected chi connectivity index (χ0v) is 29.0. The maximum Gasteiger partial charge on any atom is 0.329 e. The maximum atomic E-state index is 14.0. The average molecular weight is 613 g/mol. The van der Waals surface area contributed by atoms with Crippen LogP contribution in [-0.4, -0.2) is 61.8 Å². The molecule has 8 heteroatoms. The number of hydrogen-bond acceptors (Lipinski definition) is 5. The van der Waals surface area contributed by atoms with Crippen LogP contribution in [0.3, 0.4) is 0 Å². The van der Waals surface area contributed by atoms with E-state index in [0.29, 0.717) is 36.0 Å². The molecule has 2 aliphatic rings. The van der Waals surface area contributed by atoms with E-state index < -0.39 is 20.4 Å². The summed E-state index contributed by atoms with van der Waals surface area (Å²) in [7, 11) is -2.31. The summed E-state index contributed by atoms with van der Waals surface area (Å²) in [5.74, 6) is -0.560. The highest BCUT2D eigenvalue weighted by Gasteiger charge is 2.47. The van der Waals surface area contributed by atoms with Crippen LogP contribution in [0.1, 0.15) is 100.0 Å². The molecule has 2 heterocycles. The van der Waals surface area contributed by atoms with E-state index in [-0.39, 0.29) is 42.3 Å². The summed E-state index contributed by atoms with van der Waals surface area (Å²) in [5.41, 5.74) is 3.11. The van der Waals surface area contributed by atoms with Gasteiger partial charge in [-0.1, -0.05) is 84.9 Å². The van der Waals surface area contributed by atoms with Crippen molar-refractivity contribution in [3.63, 3.8) is 0 Å². The second kappa shape index (κ2) is 15.5. The van der Waals surface area contributed by atoms with Gasteiger partial charge in [0.15, 0.2) is 0 Å². The van der Waals surface area contributed by atoms with Gasteiger partial charge in [-0.15, -0.1) is 0 Å². The third-order valence-electron chi connectivity index (χ3n) is 9.55. The van der Waals surface area contributed by atoms with Gasteiger partial charge in [-0.25, -0.2) is 4.79 Å². The van der Waals surface area contributed by atoms with E-state index in [2.05, 4.69) is 66.8 Å². The first-order valence-corrected chi connectivity index (χ1v) is 18.6. The van der Waals surface area contributed by atoms with E-state index in [1.54, 1.807) is 4.90 Å². The van der Waals surface area contributed by atoms with Crippen LogP contribution in [0.5, 0.6) is 0 Å². The van der Waals surface area contributed by atoms with Gasteiger partial charge in [-0.3, -0.25) is 9.59 Å². The van der Waals surface area contributed by atoms with Gasteiger partial charge >= 0.3 is 5.97 Å². The number of hydrogen-bond donors (Lipinski definition) is 1. The van der Waals surface area contributed by atoms with E-state index in [0.717, 1.165) is 30.4 Å². The van der Waals surface area contributed by atoms with Gasteiger partial charge in [0.1, 0.15) is 12.1 Å². The van der Waals surface area contributed by atoms with Gasteiger partial charge in [-0.05, 0) is 73.2 Å². The van der Waals surface area contributed by atoms with Crippen molar-refractivity contribution < 1.29 is 23.5 Å². The molecule has 240 valence electrons. The van der Waals surface area contributed by atoms with Crippen molar-refractivity contribution in [2.75, 3.05) is 6.54 Å². The Morgan fingerprint density at radius 1 is 0.953 bits per heavy atom. The first-order chi connectivity index (χ1) is 20.3. The Hall–Kier alpha value is -2.45. The molecule has 43 heavy (non-hydrogen) atoms. The Morgan fingerprint density at radius 3 is 2.19 bits per heavy atom. The number of benzene rings is 1. The van der Waals surface area contributed by atoms with Gasteiger partial charge in [-0.2, -0.15) is 0 Å². The van der Waals surface area contributed by atoms with Crippen molar-refractivity contribution in [3.05, 3.63) is 47.5 Å². The molecular weight excluding hydrogens is 556 g/mol. The second-order valence-corrected chi connectivity index (χ2v) is 19.2. The molecule has 0 radical (unpaired) electrons. The van der Waals surface area contributed by atoms with Gasteiger partial charge in [0.2, 0.25) is 20.1 Å². The Morgan fingerprint density at radius 2 is 1.58 bits per heavy atom. The van der Waals surface area contributed by atoms with Gasteiger partial charge in [0.05, 0.1) is 18.6 Å². The van der Waals surface area contributed by atoms with Crippen molar-refractivity contribution in [2.24, 2.45) is 5.92 Å². The zero-order valence-electron chi connectivity index (χ0n) is 28.0. The van der Waals surface area contributed by atoms with Crippen LogP contribution in [0.15, 0.2) is 42.0 Å². The second-order valence-electron chi connectivity index (χ2n) is 13.8. The number of nitrogens with one attached hydrogen (secondary N) is 1. The number of esters is 1. The molecule has 2 aliphatic heterocycles. The summed E-state index contributed by atoms with van der Waals surface area (Å²) in [6.45, 7) is 20.2. The molecule has 2 amide bonds. The van der Waals surface area contributed by atoms with Crippen LogP contribution in [0.25, 0.3) is 0 Å². The lowest BCUT2D eigenvalue weighted by atomic mass is 9.97. The molecule has 1 fully saturated rings. The molecule has 5 atom stereocenters. The molecule has 2 unspecified atom stereocenters. The minimum atomic E-state index is -2.31. The summed E-state index contributed by atoms with van der Waals surface area (Å²) >= 11 is 0. The number of ether oxygens (including phenoxy) is 1. The summed E-state index contributed by atoms with van der Waals surface area (Å²) < 4.78 is 13.1. The Bertz CT molecular complexity index is 1100. The van der Waals surface area contributed by atoms with Gasteiger partial charge in [0.25, 0.3) is 0 Å². The van der Waals surface area contributed by atoms with Crippen LogP contribution in [0.2, 0.25) is 16.6 Å². The van der Waals surface area contributed by atoms with E-state index in [4.69, 9.17) is 9.16 Å². The Balaban J connectivity index is 2.03. The van der Waals surface area contributed by atoms with Crippen LogP contribution in [0.4, 0.5) is 0 Å². The fraction of sp³-hybridized carbons (Fsp3) is 0.686. The quantitative estimate of drug-likeness (QED) is 0.204. The summed E-state index contributed by atoms with van der Waals surface area (Å²) in [6.07, 6.45) is 4.97. The van der Waals surface area contributed by atoms with Crippen LogP contribution in [0, 0.1) is 5.92 Å². The van der Waals surface area contributed by atoms with Crippen LogP contribution in [-0.2, 0) is 30.0 Å². The fourth-order valence-electron chi connectivity index (χ4n) is 7.37. The van der Waals surface area contributed by atoms with E-state index in [1.165, 1.54) is 0 Å². The first-order valence-electron chi connectivity index (χ1n) is 16.5. The van der Waals surface area contributed by atoms with E-state index in [1.807, 2.05) is 37.3 Å². The van der Waals surface area contributed by atoms with Crippen molar-refractivity contribution in [3.8, 4) is 0 Å². The largest absolute Gasteiger partial charge is 0.461 e. The highest BCUT2D eigenvalue weighted by atomic mass is 28.4. The number of carbonyl (C=O) groups excluding carboxylic acids is 3. The zero-order chi connectivity index (χ0) is 31.9. The van der Waals surface area contributed by atoms with E-state index in [9.17, 15) is 14.4 Å². The highest BCUT2D eigenvalue weighted by molar-refractivity contribution is 6.77. The minimum Gasteiger partial charge on any atom is -0.461 e. The van der Waals surface area contributed by atoms with Crippen molar-refractivity contribution in [2.45, 2.75) is 142 Å². The third kappa shape index (κ3) is 8.81.